The number of hydrogen-bond acceptors (Lipinski definition) is 3. The number of aromatic nitrogens is 1. The maximum absolute atomic E-state index is 12.7. The van der Waals surface area contributed by atoms with Gasteiger partial charge in [-0.15, -0.1) is 11.3 Å². The molecule has 0 atom stereocenters. The average Bonchev–Trinajstić information content (AvgIpc) is 3.13. The van der Waals surface area contributed by atoms with Crippen LogP contribution in [0.5, 0.6) is 0 Å². The third kappa shape index (κ3) is 3.72. The lowest BCUT2D eigenvalue weighted by molar-refractivity contribution is 0.102. The standard InChI is InChI=1S/C22H17ClN2OS/c1-2-14-7-9-15(10-8-14)21(26)24-18-12-11-16(23)13-17(18)22-25-19-5-3-4-6-20(19)27-22/h3-13H,2H2,1H3,(H,24,26). The first-order valence-corrected chi connectivity index (χ1v) is 9.89. The molecule has 5 heteroatoms. The highest BCUT2D eigenvalue weighted by Crippen LogP contribution is 2.36. The number of amides is 1. The summed E-state index contributed by atoms with van der Waals surface area (Å²) in [6, 6.07) is 21.1. The number of carbonyl (C=O) groups excluding carboxylic acids is 1. The molecule has 4 rings (SSSR count). The monoisotopic (exact) mass is 392 g/mol. The van der Waals surface area contributed by atoms with Gasteiger partial charge >= 0.3 is 0 Å². The summed E-state index contributed by atoms with van der Waals surface area (Å²) in [6.45, 7) is 2.09. The van der Waals surface area contributed by atoms with Crippen molar-refractivity contribution < 1.29 is 4.79 Å². The van der Waals surface area contributed by atoms with Gasteiger partial charge in [-0.1, -0.05) is 42.8 Å². The topological polar surface area (TPSA) is 42.0 Å². The van der Waals surface area contributed by atoms with Crippen LogP contribution in [-0.4, -0.2) is 10.9 Å². The lowest BCUT2D eigenvalue weighted by Crippen LogP contribution is -2.12. The fourth-order valence-corrected chi connectivity index (χ4v) is 4.04. The van der Waals surface area contributed by atoms with Crippen LogP contribution in [0.15, 0.2) is 66.7 Å². The van der Waals surface area contributed by atoms with E-state index in [0.29, 0.717) is 16.3 Å². The van der Waals surface area contributed by atoms with Crippen molar-refractivity contribution in [3.8, 4) is 10.6 Å². The van der Waals surface area contributed by atoms with Gasteiger partial charge < -0.3 is 5.32 Å². The highest BCUT2D eigenvalue weighted by Gasteiger charge is 2.14. The molecule has 0 radical (unpaired) electrons. The van der Waals surface area contributed by atoms with Gasteiger partial charge in [0.15, 0.2) is 0 Å². The summed E-state index contributed by atoms with van der Waals surface area (Å²) in [4.78, 5) is 17.4. The fourth-order valence-electron chi connectivity index (χ4n) is 2.88. The molecule has 0 spiro atoms. The molecule has 0 bridgehead atoms. The summed E-state index contributed by atoms with van der Waals surface area (Å²) in [6.07, 6.45) is 0.945. The number of hydrogen-bond donors (Lipinski definition) is 1. The lowest BCUT2D eigenvalue weighted by atomic mass is 10.1. The Labute approximate surface area is 166 Å². The van der Waals surface area contributed by atoms with Crippen molar-refractivity contribution >= 4 is 44.7 Å². The van der Waals surface area contributed by atoms with E-state index in [1.54, 1.807) is 17.4 Å². The molecule has 3 aromatic carbocycles. The summed E-state index contributed by atoms with van der Waals surface area (Å²) < 4.78 is 1.10. The first-order chi connectivity index (χ1) is 13.1. The van der Waals surface area contributed by atoms with Crippen molar-refractivity contribution in [3.05, 3.63) is 82.9 Å². The van der Waals surface area contributed by atoms with E-state index < -0.39 is 0 Å². The number of nitrogens with one attached hydrogen (secondary N) is 1. The van der Waals surface area contributed by atoms with Gasteiger partial charge in [0.05, 0.1) is 15.9 Å². The molecule has 1 N–H and O–H groups in total. The molecular weight excluding hydrogens is 376 g/mol. The van der Waals surface area contributed by atoms with Crippen molar-refractivity contribution in [3.63, 3.8) is 0 Å². The second-order valence-electron chi connectivity index (χ2n) is 6.18. The number of aryl methyl sites for hydroxylation is 1. The van der Waals surface area contributed by atoms with E-state index in [-0.39, 0.29) is 5.91 Å². The van der Waals surface area contributed by atoms with Gasteiger partial charge in [-0.05, 0) is 54.4 Å². The number of nitrogens with zero attached hydrogens (tertiary/aromatic N) is 1. The quantitative estimate of drug-likeness (QED) is 0.434. The zero-order valence-electron chi connectivity index (χ0n) is 14.7. The predicted molar refractivity (Wildman–Crippen MR) is 114 cm³/mol. The van der Waals surface area contributed by atoms with E-state index in [4.69, 9.17) is 16.6 Å². The molecule has 3 nitrogen and oxygen atoms in total. The molecule has 0 aliphatic heterocycles. The Kier molecular flexibility index (Phi) is 4.92. The molecule has 0 unspecified atom stereocenters. The number of halogens is 1. The molecule has 0 aliphatic rings. The Morgan fingerprint density at radius 2 is 1.85 bits per heavy atom. The maximum Gasteiger partial charge on any atom is 0.255 e. The normalized spacial score (nSPS) is 10.9. The van der Waals surface area contributed by atoms with E-state index in [9.17, 15) is 4.79 Å². The van der Waals surface area contributed by atoms with Gasteiger partial charge in [0.1, 0.15) is 5.01 Å². The van der Waals surface area contributed by atoms with Crippen LogP contribution in [0.25, 0.3) is 20.8 Å². The van der Waals surface area contributed by atoms with Gasteiger partial charge in [0.25, 0.3) is 5.91 Å². The van der Waals surface area contributed by atoms with Gasteiger partial charge in [-0.3, -0.25) is 4.79 Å². The molecule has 0 saturated carbocycles. The van der Waals surface area contributed by atoms with Crippen LogP contribution >= 0.6 is 22.9 Å². The Bertz CT molecular complexity index is 1090. The molecule has 134 valence electrons. The molecule has 4 aromatic rings. The van der Waals surface area contributed by atoms with Crippen LogP contribution < -0.4 is 5.32 Å². The SMILES string of the molecule is CCc1ccc(C(=O)Nc2ccc(Cl)cc2-c2nc3ccccc3s2)cc1. The van der Waals surface area contributed by atoms with Crippen molar-refractivity contribution in [2.45, 2.75) is 13.3 Å². The number of benzene rings is 3. The van der Waals surface area contributed by atoms with E-state index in [1.807, 2.05) is 60.7 Å². The number of anilines is 1. The minimum atomic E-state index is -0.151. The number of rotatable bonds is 4. The van der Waals surface area contributed by atoms with Gasteiger partial charge in [0.2, 0.25) is 0 Å². The van der Waals surface area contributed by atoms with Crippen LogP contribution in [0.3, 0.4) is 0 Å². The summed E-state index contributed by atoms with van der Waals surface area (Å²) in [5.74, 6) is -0.151. The largest absolute Gasteiger partial charge is 0.321 e. The zero-order valence-corrected chi connectivity index (χ0v) is 16.3. The number of carbonyl (C=O) groups is 1. The van der Waals surface area contributed by atoms with Crippen LogP contribution in [-0.2, 0) is 6.42 Å². The summed E-state index contributed by atoms with van der Waals surface area (Å²) in [7, 11) is 0. The average molecular weight is 393 g/mol. The smallest absolute Gasteiger partial charge is 0.255 e. The Morgan fingerprint density at radius 1 is 1.07 bits per heavy atom. The zero-order chi connectivity index (χ0) is 18.8. The molecular formula is C22H17ClN2OS. The van der Waals surface area contributed by atoms with Crippen LogP contribution in [0.2, 0.25) is 5.02 Å². The van der Waals surface area contributed by atoms with Gasteiger partial charge in [-0.25, -0.2) is 4.98 Å². The predicted octanol–water partition coefficient (Wildman–Crippen LogP) is 6.43. The summed E-state index contributed by atoms with van der Waals surface area (Å²) in [5, 5.41) is 4.44. The number of para-hydroxylation sites is 1. The van der Waals surface area contributed by atoms with Gasteiger partial charge in [-0.2, -0.15) is 0 Å². The summed E-state index contributed by atoms with van der Waals surface area (Å²) in [5.41, 5.74) is 4.28. The highest BCUT2D eigenvalue weighted by molar-refractivity contribution is 7.21. The van der Waals surface area contributed by atoms with Crippen molar-refractivity contribution in [1.29, 1.82) is 0 Å². The Morgan fingerprint density at radius 3 is 2.59 bits per heavy atom. The van der Waals surface area contributed by atoms with Crippen molar-refractivity contribution in [1.82, 2.24) is 4.98 Å². The maximum atomic E-state index is 12.7. The van der Waals surface area contributed by atoms with E-state index in [1.165, 1.54) is 5.56 Å². The fraction of sp³-hybridized carbons (Fsp3) is 0.0909. The van der Waals surface area contributed by atoms with Crippen molar-refractivity contribution in [2.24, 2.45) is 0 Å². The first kappa shape index (κ1) is 17.7. The third-order valence-electron chi connectivity index (χ3n) is 4.38. The van der Waals surface area contributed by atoms with E-state index in [2.05, 4.69) is 12.2 Å². The second kappa shape index (κ2) is 7.51. The van der Waals surface area contributed by atoms with Crippen LogP contribution in [0, 0.1) is 0 Å². The van der Waals surface area contributed by atoms with E-state index in [0.717, 1.165) is 27.2 Å². The Hall–Kier alpha value is -2.69. The molecule has 1 heterocycles. The molecule has 0 saturated heterocycles. The summed E-state index contributed by atoms with van der Waals surface area (Å²) >= 11 is 7.80. The first-order valence-electron chi connectivity index (χ1n) is 8.70. The second-order valence-corrected chi connectivity index (χ2v) is 7.65. The van der Waals surface area contributed by atoms with E-state index >= 15 is 0 Å². The highest BCUT2D eigenvalue weighted by atomic mass is 35.5. The third-order valence-corrected chi connectivity index (χ3v) is 5.68. The van der Waals surface area contributed by atoms with Crippen LogP contribution in [0.4, 0.5) is 5.69 Å². The molecule has 1 amide bonds. The van der Waals surface area contributed by atoms with Gasteiger partial charge in [0, 0.05) is 16.1 Å². The molecule has 0 fully saturated rings. The lowest BCUT2D eigenvalue weighted by Gasteiger charge is -2.10. The Balaban J connectivity index is 1.69. The minimum Gasteiger partial charge on any atom is -0.321 e. The molecule has 1 aromatic heterocycles. The van der Waals surface area contributed by atoms with Crippen molar-refractivity contribution in [2.75, 3.05) is 5.32 Å². The number of thiazole rings is 1. The number of fused-ring (bicyclic) bond motifs is 1. The molecule has 27 heavy (non-hydrogen) atoms. The minimum absolute atomic E-state index is 0.151. The van der Waals surface area contributed by atoms with Crippen LogP contribution in [0.1, 0.15) is 22.8 Å². The molecule has 0 aliphatic carbocycles.